The Hall–Kier alpha value is -1.40. The molecule has 0 saturated heterocycles. The fourth-order valence-electron chi connectivity index (χ4n) is 1.74. The number of aryl methyl sites for hydroxylation is 1. The predicted octanol–water partition coefficient (Wildman–Crippen LogP) is 1.35. The highest BCUT2D eigenvalue weighted by atomic mass is 32.2. The monoisotopic (exact) mass is 269 g/mol. The first-order chi connectivity index (χ1) is 8.38. The van der Waals surface area contributed by atoms with E-state index < -0.39 is 16.0 Å². The van der Waals surface area contributed by atoms with Crippen LogP contribution in [0.2, 0.25) is 0 Å². The molecule has 0 atom stereocenters. The summed E-state index contributed by atoms with van der Waals surface area (Å²) in [4.78, 5) is 11.7. The molecule has 1 fully saturated rings. The van der Waals surface area contributed by atoms with Gasteiger partial charge in [-0.15, -0.1) is 0 Å². The molecule has 5 nitrogen and oxygen atoms in total. The van der Waals surface area contributed by atoms with Crippen molar-refractivity contribution < 1.29 is 17.9 Å². The first kappa shape index (κ1) is 13.0. The topological polar surface area (TPSA) is 86.5 Å². The van der Waals surface area contributed by atoms with Crippen LogP contribution in [-0.2, 0) is 14.8 Å². The molecule has 0 bridgehead atoms. The molecule has 1 aliphatic rings. The zero-order chi connectivity index (χ0) is 13.3. The minimum atomic E-state index is -3.82. The summed E-state index contributed by atoms with van der Waals surface area (Å²) in [5, 5.41) is 5.09. The van der Waals surface area contributed by atoms with Gasteiger partial charge < -0.3 is 4.74 Å². The maximum Gasteiger partial charge on any atom is 0.338 e. The van der Waals surface area contributed by atoms with E-state index in [9.17, 15) is 13.2 Å². The average Bonchev–Trinajstić information content (AvgIpc) is 2.22. The second-order valence-corrected chi connectivity index (χ2v) is 6.01. The van der Waals surface area contributed by atoms with Crippen molar-refractivity contribution in [2.24, 2.45) is 5.14 Å². The van der Waals surface area contributed by atoms with E-state index in [2.05, 4.69) is 0 Å². The molecule has 0 amide bonds. The molecular weight excluding hydrogens is 254 g/mol. The van der Waals surface area contributed by atoms with E-state index in [1.54, 1.807) is 19.1 Å². The van der Waals surface area contributed by atoms with Gasteiger partial charge in [0.25, 0.3) is 0 Å². The van der Waals surface area contributed by atoms with Crippen molar-refractivity contribution in [1.82, 2.24) is 0 Å². The van der Waals surface area contributed by atoms with Gasteiger partial charge in [0.2, 0.25) is 10.0 Å². The summed E-state index contributed by atoms with van der Waals surface area (Å²) in [6.45, 7) is 1.63. The zero-order valence-corrected chi connectivity index (χ0v) is 10.9. The molecule has 1 aromatic rings. The van der Waals surface area contributed by atoms with Crippen LogP contribution >= 0.6 is 0 Å². The van der Waals surface area contributed by atoms with E-state index in [-0.39, 0.29) is 16.6 Å². The lowest BCUT2D eigenvalue weighted by atomic mass is 9.96. The van der Waals surface area contributed by atoms with Crippen molar-refractivity contribution in [2.75, 3.05) is 0 Å². The van der Waals surface area contributed by atoms with Crippen molar-refractivity contribution in [3.63, 3.8) is 0 Å². The number of carbonyl (C=O) groups excluding carboxylic acids is 1. The highest BCUT2D eigenvalue weighted by Gasteiger charge is 2.23. The van der Waals surface area contributed by atoms with Gasteiger partial charge >= 0.3 is 5.97 Å². The molecule has 0 radical (unpaired) electrons. The SMILES string of the molecule is Cc1ccc(C(=O)OC2CCC2)cc1S(N)(=O)=O. The Bertz CT molecular complexity index is 576. The molecule has 1 saturated carbocycles. The summed E-state index contributed by atoms with van der Waals surface area (Å²) < 4.78 is 27.9. The van der Waals surface area contributed by atoms with Crippen LogP contribution in [-0.4, -0.2) is 20.5 Å². The largest absolute Gasteiger partial charge is 0.459 e. The summed E-state index contributed by atoms with van der Waals surface area (Å²) in [6.07, 6.45) is 2.78. The molecule has 98 valence electrons. The van der Waals surface area contributed by atoms with Gasteiger partial charge in [-0.05, 0) is 43.9 Å². The quantitative estimate of drug-likeness (QED) is 0.839. The number of benzene rings is 1. The van der Waals surface area contributed by atoms with Crippen molar-refractivity contribution >= 4 is 16.0 Å². The molecule has 0 unspecified atom stereocenters. The number of rotatable bonds is 3. The lowest BCUT2D eigenvalue weighted by molar-refractivity contribution is 0.00898. The van der Waals surface area contributed by atoms with Crippen molar-refractivity contribution in [1.29, 1.82) is 0 Å². The van der Waals surface area contributed by atoms with Crippen molar-refractivity contribution in [3.05, 3.63) is 29.3 Å². The number of carbonyl (C=O) groups is 1. The van der Waals surface area contributed by atoms with E-state index in [0.29, 0.717) is 5.56 Å². The summed E-state index contributed by atoms with van der Waals surface area (Å²) in [7, 11) is -3.82. The number of sulfonamides is 1. The van der Waals surface area contributed by atoms with Gasteiger partial charge in [-0.2, -0.15) is 0 Å². The smallest absolute Gasteiger partial charge is 0.338 e. The van der Waals surface area contributed by atoms with Crippen LogP contribution in [0.15, 0.2) is 23.1 Å². The minimum Gasteiger partial charge on any atom is -0.459 e. The normalized spacial score (nSPS) is 16.1. The van der Waals surface area contributed by atoms with E-state index in [1.807, 2.05) is 0 Å². The molecule has 6 heteroatoms. The summed E-state index contributed by atoms with van der Waals surface area (Å²) in [5.74, 6) is -0.496. The molecule has 2 rings (SSSR count). The maximum atomic E-state index is 11.8. The second kappa shape index (κ2) is 4.70. The fraction of sp³-hybridized carbons (Fsp3) is 0.417. The Labute approximate surface area is 106 Å². The Balaban J connectivity index is 2.26. The van der Waals surface area contributed by atoms with Gasteiger partial charge in [-0.25, -0.2) is 18.4 Å². The Morgan fingerprint density at radius 3 is 2.56 bits per heavy atom. The zero-order valence-electron chi connectivity index (χ0n) is 10.0. The minimum absolute atomic E-state index is 0.0308. The number of esters is 1. The fourth-order valence-corrected chi connectivity index (χ4v) is 2.55. The number of hydrogen-bond acceptors (Lipinski definition) is 4. The third kappa shape index (κ3) is 2.70. The summed E-state index contributed by atoms with van der Waals surface area (Å²) >= 11 is 0. The molecule has 2 N–H and O–H groups in total. The molecular formula is C12H15NO4S. The number of nitrogens with two attached hydrogens (primary N) is 1. The van der Waals surface area contributed by atoms with Gasteiger partial charge in [-0.3, -0.25) is 0 Å². The van der Waals surface area contributed by atoms with Crippen LogP contribution in [0.3, 0.4) is 0 Å². The van der Waals surface area contributed by atoms with Crippen LogP contribution < -0.4 is 5.14 Å². The van der Waals surface area contributed by atoms with E-state index in [1.165, 1.54) is 6.07 Å². The predicted molar refractivity (Wildman–Crippen MR) is 65.6 cm³/mol. The Morgan fingerprint density at radius 2 is 2.06 bits per heavy atom. The highest BCUT2D eigenvalue weighted by Crippen LogP contribution is 2.24. The number of hydrogen-bond donors (Lipinski definition) is 1. The average molecular weight is 269 g/mol. The number of ether oxygens (including phenoxy) is 1. The van der Waals surface area contributed by atoms with Gasteiger partial charge in [-0.1, -0.05) is 6.07 Å². The molecule has 0 spiro atoms. The molecule has 0 heterocycles. The Morgan fingerprint density at radius 1 is 1.39 bits per heavy atom. The van der Waals surface area contributed by atoms with Crippen LogP contribution in [0.25, 0.3) is 0 Å². The molecule has 0 aromatic heterocycles. The van der Waals surface area contributed by atoms with E-state index >= 15 is 0 Å². The third-order valence-corrected chi connectivity index (χ3v) is 4.11. The second-order valence-electron chi connectivity index (χ2n) is 4.48. The number of primary sulfonamides is 1. The van der Waals surface area contributed by atoms with Crippen molar-refractivity contribution in [3.8, 4) is 0 Å². The summed E-state index contributed by atoms with van der Waals surface area (Å²) in [6, 6.07) is 4.37. The standard InChI is InChI=1S/C12H15NO4S/c1-8-5-6-9(7-11(8)18(13,15)16)12(14)17-10-3-2-4-10/h5-7,10H,2-4H2,1H3,(H2,13,15,16). The lowest BCUT2D eigenvalue weighted by Gasteiger charge is -2.25. The van der Waals surface area contributed by atoms with Crippen LogP contribution in [0.4, 0.5) is 0 Å². The third-order valence-electron chi connectivity index (χ3n) is 3.06. The van der Waals surface area contributed by atoms with Crippen LogP contribution in [0.5, 0.6) is 0 Å². The Kier molecular flexibility index (Phi) is 3.41. The molecule has 1 aromatic carbocycles. The highest BCUT2D eigenvalue weighted by molar-refractivity contribution is 7.89. The molecule has 1 aliphatic carbocycles. The summed E-state index contributed by atoms with van der Waals surface area (Å²) in [5.41, 5.74) is 0.731. The van der Waals surface area contributed by atoms with Gasteiger partial charge in [0.05, 0.1) is 10.5 Å². The lowest BCUT2D eigenvalue weighted by Crippen LogP contribution is -2.25. The molecule has 0 aliphatic heterocycles. The van der Waals surface area contributed by atoms with Crippen LogP contribution in [0, 0.1) is 6.92 Å². The van der Waals surface area contributed by atoms with Gasteiger partial charge in [0.15, 0.2) is 0 Å². The van der Waals surface area contributed by atoms with E-state index in [4.69, 9.17) is 9.88 Å². The molecule has 18 heavy (non-hydrogen) atoms. The van der Waals surface area contributed by atoms with Gasteiger partial charge in [0, 0.05) is 0 Å². The first-order valence-corrected chi connectivity index (χ1v) is 7.27. The first-order valence-electron chi connectivity index (χ1n) is 5.72. The van der Waals surface area contributed by atoms with Crippen molar-refractivity contribution in [2.45, 2.75) is 37.2 Å². The van der Waals surface area contributed by atoms with E-state index in [0.717, 1.165) is 19.3 Å². The van der Waals surface area contributed by atoms with Crippen LogP contribution in [0.1, 0.15) is 35.2 Å². The maximum absolute atomic E-state index is 11.8. The van der Waals surface area contributed by atoms with Gasteiger partial charge in [0.1, 0.15) is 6.10 Å².